The molecule has 0 amide bonds. The van der Waals surface area contributed by atoms with E-state index < -0.39 is 11.9 Å². The highest BCUT2D eigenvalue weighted by molar-refractivity contribution is 7.19. The molecule has 0 spiro atoms. The topological polar surface area (TPSA) is 130 Å². The molecule has 0 unspecified atom stereocenters. The van der Waals surface area contributed by atoms with Crippen LogP contribution in [0.1, 0.15) is 34.8 Å². The molecule has 2 rings (SSSR count). The number of esters is 2. The SMILES string of the molecule is CCOC(=O)c1ncc(-c2nc(C(=O)OCC)c(N)s2)cc1N. The summed E-state index contributed by atoms with van der Waals surface area (Å²) in [5.41, 5.74) is 12.4. The normalized spacial score (nSPS) is 10.3. The second-order valence-corrected chi connectivity index (χ2v) is 5.37. The lowest BCUT2D eigenvalue weighted by molar-refractivity contribution is 0.0512. The first-order chi connectivity index (χ1) is 11.0. The molecule has 0 aliphatic rings. The Kier molecular flexibility index (Phi) is 5.12. The molecule has 2 heterocycles. The second kappa shape index (κ2) is 7.05. The van der Waals surface area contributed by atoms with Gasteiger partial charge in [0, 0.05) is 11.8 Å². The van der Waals surface area contributed by atoms with E-state index in [1.807, 2.05) is 0 Å². The maximum atomic E-state index is 11.7. The lowest BCUT2D eigenvalue weighted by Crippen LogP contribution is -2.10. The highest BCUT2D eigenvalue weighted by atomic mass is 32.1. The molecule has 0 fully saturated rings. The molecular weight excluding hydrogens is 320 g/mol. The molecule has 0 radical (unpaired) electrons. The monoisotopic (exact) mass is 336 g/mol. The van der Waals surface area contributed by atoms with Crippen molar-refractivity contribution < 1.29 is 19.1 Å². The lowest BCUT2D eigenvalue weighted by atomic mass is 10.2. The summed E-state index contributed by atoms with van der Waals surface area (Å²) in [5.74, 6) is -1.18. The van der Waals surface area contributed by atoms with E-state index >= 15 is 0 Å². The largest absolute Gasteiger partial charge is 0.461 e. The number of thiazole rings is 1. The summed E-state index contributed by atoms with van der Waals surface area (Å²) < 4.78 is 9.74. The number of hydrogen-bond acceptors (Lipinski definition) is 9. The van der Waals surface area contributed by atoms with Crippen LogP contribution >= 0.6 is 11.3 Å². The number of nitrogens with two attached hydrogens (primary N) is 2. The van der Waals surface area contributed by atoms with Crippen molar-refractivity contribution in [3.05, 3.63) is 23.7 Å². The predicted molar refractivity (Wildman–Crippen MR) is 86.1 cm³/mol. The van der Waals surface area contributed by atoms with E-state index in [4.69, 9.17) is 20.9 Å². The van der Waals surface area contributed by atoms with E-state index in [0.29, 0.717) is 10.6 Å². The minimum atomic E-state index is -0.595. The minimum Gasteiger partial charge on any atom is -0.461 e. The molecule has 0 atom stereocenters. The van der Waals surface area contributed by atoms with Gasteiger partial charge in [0.15, 0.2) is 11.4 Å². The van der Waals surface area contributed by atoms with Crippen LogP contribution < -0.4 is 11.5 Å². The van der Waals surface area contributed by atoms with Crippen LogP contribution in [0.3, 0.4) is 0 Å². The van der Waals surface area contributed by atoms with E-state index in [2.05, 4.69) is 9.97 Å². The molecule has 2 aromatic rings. The quantitative estimate of drug-likeness (QED) is 0.789. The maximum Gasteiger partial charge on any atom is 0.360 e. The third-order valence-electron chi connectivity index (χ3n) is 2.76. The van der Waals surface area contributed by atoms with Gasteiger partial charge in [-0.05, 0) is 19.9 Å². The number of aromatic nitrogens is 2. The Balaban J connectivity index is 2.33. The third-order valence-corrected chi connectivity index (χ3v) is 3.69. The van der Waals surface area contributed by atoms with Gasteiger partial charge in [0.2, 0.25) is 0 Å². The molecule has 4 N–H and O–H groups in total. The lowest BCUT2D eigenvalue weighted by Gasteiger charge is -2.05. The van der Waals surface area contributed by atoms with Crippen molar-refractivity contribution in [2.75, 3.05) is 24.7 Å². The summed E-state index contributed by atoms with van der Waals surface area (Å²) in [6.45, 7) is 3.85. The van der Waals surface area contributed by atoms with Crippen molar-refractivity contribution in [3.8, 4) is 10.6 Å². The molecule has 23 heavy (non-hydrogen) atoms. The van der Waals surface area contributed by atoms with Gasteiger partial charge in [0.25, 0.3) is 0 Å². The van der Waals surface area contributed by atoms with Crippen molar-refractivity contribution in [1.29, 1.82) is 0 Å². The number of pyridine rings is 1. The maximum absolute atomic E-state index is 11.7. The van der Waals surface area contributed by atoms with Gasteiger partial charge in [0.05, 0.1) is 18.9 Å². The molecule has 0 aromatic carbocycles. The second-order valence-electron chi connectivity index (χ2n) is 4.33. The molecule has 0 aliphatic carbocycles. The molecule has 0 saturated carbocycles. The Bertz CT molecular complexity index is 744. The molecule has 0 aliphatic heterocycles. The number of nitrogens with zero attached hydrogens (tertiary/aromatic N) is 2. The van der Waals surface area contributed by atoms with Crippen LogP contribution in [0.25, 0.3) is 10.6 Å². The van der Waals surface area contributed by atoms with Gasteiger partial charge >= 0.3 is 11.9 Å². The van der Waals surface area contributed by atoms with Crippen LogP contribution in [0.5, 0.6) is 0 Å². The van der Waals surface area contributed by atoms with Crippen LogP contribution in [-0.4, -0.2) is 35.1 Å². The summed E-state index contributed by atoms with van der Waals surface area (Å²) in [6, 6.07) is 1.53. The fourth-order valence-electron chi connectivity index (χ4n) is 1.77. The smallest absolute Gasteiger partial charge is 0.360 e. The first-order valence-electron chi connectivity index (χ1n) is 6.84. The first kappa shape index (κ1) is 16.7. The van der Waals surface area contributed by atoms with E-state index in [1.54, 1.807) is 13.8 Å². The number of carbonyl (C=O) groups is 2. The Morgan fingerprint density at radius 3 is 2.30 bits per heavy atom. The average molecular weight is 336 g/mol. The van der Waals surface area contributed by atoms with Crippen molar-refractivity contribution >= 4 is 34.0 Å². The summed E-state index contributed by atoms with van der Waals surface area (Å²) in [6.07, 6.45) is 1.43. The summed E-state index contributed by atoms with van der Waals surface area (Å²) >= 11 is 1.11. The Hall–Kier alpha value is -2.68. The fourth-order valence-corrected chi connectivity index (χ4v) is 2.57. The van der Waals surface area contributed by atoms with Crippen LogP contribution in [-0.2, 0) is 9.47 Å². The van der Waals surface area contributed by atoms with E-state index in [-0.39, 0.29) is 35.3 Å². The van der Waals surface area contributed by atoms with Gasteiger partial charge in [-0.1, -0.05) is 11.3 Å². The van der Waals surface area contributed by atoms with Gasteiger partial charge in [-0.25, -0.2) is 19.6 Å². The van der Waals surface area contributed by atoms with Crippen LogP contribution in [0, 0.1) is 0 Å². The first-order valence-corrected chi connectivity index (χ1v) is 7.66. The summed E-state index contributed by atoms with van der Waals surface area (Å²) in [5, 5.41) is 0.701. The van der Waals surface area contributed by atoms with Crippen molar-refractivity contribution in [1.82, 2.24) is 9.97 Å². The van der Waals surface area contributed by atoms with Gasteiger partial charge in [-0.2, -0.15) is 0 Å². The zero-order valence-electron chi connectivity index (χ0n) is 12.7. The number of hydrogen-bond donors (Lipinski definition) is 2. The molecule has 8 nitrogen and oxygen atoms in total. The third kappa shape index (κ3) is 3.57. The van der Waals surface area contributed by atoms with Crippen molar-refractivity contribution in [2.24, 2.45) is 0 Å². The van der Waals surface area contributed by atoms with Gasteiger partial charge < -0.3 is 20.9 Å². The molecular formula is C14H16N4O4S. The van der Waals surface area contributed by atoms with E-state index in [1.165, 1.54) is 12.3 Å². The van der Waals surface area contributed by atoms with E-state index in [9.17, 15) is 9.59 Å². The highest BCUT2D eigenvalue weighted by Crippen LogP contribution is 2.31. The Morgan fingerprint density at radius 2 is 1.74 bits per heavy atom. The van der Waals surface area contributed by atoms with E-state index in [0.717, 1.165) is 11.3 Å². The molecule has 0 saturated heterocycles. The molecule has 122 valence electrons. The van der Waals surface area contributed by atoms with Gasteiger partial charge in [0.1, 0.15) is 10.0 Å². The van der Waals surface area contributed by atoms with Gasteiger partial charge in [-0.15, -0.1) is 0 Å². The standard InChI is InChI=1S/C14H16N4O4S/c1-3-21-13(19)9-8(15)5-7(6-17-9)12-18-10(11(16)23-12)14(20)22-4-2/h5-6H,3-4,15-16H2,1-2H3. The number of nitrogen functional groups attached to an aromatic ring is 2. The van der Waals surface area contributed by atoms with Crippen LogP contribution in [0.2, 0.25) is 0 Å². The number of carbonyl (C=O) groups excluding carboxylic acids is 2. The minimum absolute atomic E-state index is 0.0331. The number of ether oxygens (including phenoxy) is 2. The molecule has 0 bridgehead atoms. The highest BCUT2D eigenvalue weighted by Gasteiger charge is 2.20. The number of anilines is 2. The summed E-state index contributed by atoms with van der Waals surface area (Å²) in [4.78, 5) is 31.6. The number of rotatable bonds is 5. The Labute approximate surface area is 136 Å². The zero-order valence-corrected chi connectivity index (χ0v) is 13.5. The predicted octanol–water partition coefficient (Wildman–Crippen LogP) is 1.72. The Morgan fingerprint density at radius 1 is 1.13 bits per heavy atom. The van der Waals surface area contributed by atoms with Crippen molar-refractivity contribution in [3.63, 3.8) is 0 Å². The zero-order chi connectivity index (χ0) is 17.0. The van der Waals surface area contributed by atoms with Gasteiger partial charge in [-0.3, -0.25) is 0 Å². The van der Waals surface area contributed by atoms with Crippen LogP contribution in [0.4, 0.5) is 10.7 Å². The van der Waals surface area contributed by atoms with Crippen molar-refractivity contribution in [2.45, 2.75) is 13.8 Å². The molecule has 2 aromatic heterocycles. The average Bonchev–Trinajstić information content (AvgIpc) is 2.89. The molecule has 9 heteroatoms. The summed E-state index contributed by atoms with van der Waals surface area (Å²) in [7, 11) is 0. The van der Waals surface area contributed by atoms with Crippen LogP contribution in [0.15, 0.2) is 12.3 Å². The fraction of sp³-hybridized carbons (Fsp3) is 0.286.